The molecule has 2 heterocycles. The van der Waals surface area contributed by atoms with Crippen molar-refractivity contribution in [3.63, 3.8) is 0 Å². The number of tetrazole rings is 1. The zero-order chi connectivity index (χ0) is 23.0. The van der Waals surface area contributed by atoms with Crippen LogP contribution < -0.4 is 0 Å². The minimum Gasteiger partial charge on any atom is -0.287 e. The van der Waals surface area contributed by atoms with E-state index in [0.29, 0.717) is 17.3 Å². The number of aromatic nitrogens is 6. The van der Waals surface area contributed by atoms with Crippen LogP contribution in [0.5, 0.6) is 0 Å². The van der Waals surface area contributed by atoms with Crippen LogP contribution in [0, 0.1) is 6.92 Å². The molecule has 0 aliphatic heterocycles. The number of hydrogen-bond donors (Lipinski definition) is 0. The van der Waals surface area contributed by atoms with Gasteiger partial charge in [0.2, 0.25) is 0 Å². The van der Waals surface area contributed by atoms with Gasteiger partial charge in [-0.2, -0.15) is 4.68 Å². The van der Waals surface area contributed by atoms with Gasteiger partial charge in [0.25, 0.3) is 0 Å². The Morgan fingerprint density at radius 3 is 2.33 bits per heavy atom. The van der Waals surface area contributed by atoms with Crippen LogP contribution in [0.4, 0.5) is 0 Å². The van der Waals surface area contributed by atoms with Gasteiger partial charge in [0.1, 0.15) is 0 Å². The Labute approximate surface area is 195 Å². The number of rotatable bonds is 6. The highest BCUT2D eigenvalue weighted by atomic mass is 32.2. The molecule has 0 fully saturated rings. The fourth-order valence-electron chi connectivity index (χ4n) is 3.50. The maximum absolute atomic E-state index is 11.7. The van der Waals surface area contributed by atoms with Crippen molar-refractivity contribution in [3.8, 4) is 11.4 Å². The first-order valence-electron chi connectivity index (χ1n) is 10.2. The van der Waals surface area contributed by atoms with Crippen LogP contribution in [-0.4, -0.2) is 44.4 Å². The zero-order valence-corrected chi connectivity index (χ0v) is 19.6. The lowest BCUT2D eigenvalue weighted by atomic mass is 10.2. The molecule has 0 unspecified atom stereocenters. The Morgan fingerprint density at radius 1 is 0.909 bits per heavy atom. The number of nitrogens with zero attached hydrogens (tertiary/aromatic N) is 6. The second-order valence-corrected chi connectivity index (χ2v) is 10.6. The summed E-state index contributed by atoms with van der Waals surface area (Å²) in [5, 5.41) is 12.9. The highest BCUT2D eigenvalue weighted by Crippen LogP contribution is 2.30. The topological polar surface area (TPSA) is 95.6 Å². The molecular weight excluding hydrogens is 456 g/mol. The molecule has 0 saturated heterocycles. The van der Waals surface area contributed by atoms with Crippen molar-refractivity contribution >= 4 is 32.6 Å². The smallest absolute Gasteiger partial charge is 0.175 e. The van der Waals surface area contributed by atoms with E-state index in [0.717, 1.165) is 21.9 Å². The minimum atomic E-state index is -3.27. The summed E-state index contributed by atoms with van der Waals surface area (Å²) in [6, 6.07) is 22.9. The van der Waals surface area contributed by atoms with Gasteiger partial charge in [-0.3, -0.25) is 4.57 Å². The Bertz CT molecular complexity index is 1540. The summed E-state index contributed by atoms with van der Waals surface area (Å²) >= 11 is 1.54. The van der Waals surface area contributed by atoms with E-state index in [2.05, 4.69) is 57.3 Å². The van der Waals surface area contributed by atoms with Gasteiger partial charge in [-0.05, 0) is 65.9 Å². The molecule has 33 heavy (non-hydrogen) atoms. The Kier molecular flexibility index (Phi) is 5.47. The molecule has 0 amide bonds. The van der Waals surface area contributed by atoms with Crippen molar-refractivity contribution in [1.82, 2.24) is 29.8 Å². The predicted molar refractivity (Wildman–Crippen MR) is 128 cm³/mol. The van der Waals surface area contributed by atoms with Crippen molar-refractivity contribution in [3.05, 3.63) is 84.2 Å². The molecule has 5 rings (SSSR count). The van der Waals surface area contributed by atoms with Crippen LogP contribution in [0.25, 0.3) is 22.4 Å². The second kappa shape index (κ2) is 8.45. The van der Waals surface area contributed by atoms with E-state index >= 15 is 0 Å². The first-order chi connectivity index (χ1) is 15.9. The normalized spacial score (nSPS) is 11.8. The zero-order valence-electron chi connectivity index (χ0n) is 18.0. The minimum absolute atomic E-state index is 0.252. The molecule has 2 aromatic heterocycles. The van der Waals surface area contributed by atoms with Gasteiger partial charge in [-0.25, -0.2) is 13.4 Å². The van der Waals surface area contributed by atoms with Crippen LogP contribution in [0.1, 0.15) is 11.4 Å². The molecule has 166 valence electrons. The van der Waals surface area contributed by atoms with Crippen LogP contribution in [0.15, 0.2) is 82.8 Å². The van der Waals surface area contributed by atoms with Crippen LogP contribution in [-0.2, 0) is 15.6 Å². The summed E-state index contributed by atoms with van der Waals surface area (Å²) in [4.78, 5) is 5.09. The molecule has 0 saturated carbocycles. The maximum atomic E-state index is 11.7. The Hall–Kier alpha value is -3.50. The average molecular weight is 477 g/mol. The summed E-state index contributed by atoms with van der Waals surface area (Å²) in [5.41, 5.74) is 4.86. The number of para-hydroxylation sites is 2. The third-order valence-electron chi connectivity index (χ3n) is 5.20. The summed E-state index contributed by atoms with van der Waals surface area (Å²) < 4.78 is 27.2. The average Bonchev–Trinajstić information content (AvgIpc) is 3.42. The number of sulfone groups is 1. The van der Waals surface area contributed by atoms with E-state index in [-0.39, 0.29) is 4.90 Å². The standard InChI is InChI=1S/C23H20N6O2S2/c1-16-7-9-17(10-8-16)28-21-6-4-3-5-20(21)24-23(28)32-15-22-25-26-27-29(22)18-11-13-19(14-12-18)33(2,30)31/h3-14H,15H2,1-2H3. The van der Waals surface area contributed by atoms with Crippen LogP contribution in [0.3, 0.4) is 0 Å². The van der Waals surface area contributed by atoms with E-state index in [1.165, 1.54) is 23.6 Å². The lowest BCUT2D eigenvalue weighted by molar-refractivity contribution is 0.602. The predicted octanol–water partition coefficient (Wildman–Crippen LogP) is 4.01. The largest absolute Gasteiger partial charge is 0.287 e. The SMILES string of the molecule is Cc1ccc(-n2c(SCc3nnnn3-c3ccc(S(C)(=O)=O)cc3)nc3ccccc32)cc1. The molecule has 0 N–H and O–H groups in total. The monoisotopic (exact) mass is 476 g/mol. The summed E-state index contributed by atoms with van der Waals surface area (Å²) in [5.74, 6) is 1.12. The molecule has 3 aromatic carbocycles. The molecule has 5 aromatic rings. The van der Waals surface area contributed by atoms with E-state index in [9.17, 15) is 8.42 Å². The fraction of sp³-hybridized carbons (Fsp3) is 0.130. The number of aryl methyl sites for hydroxylation is 1. The van der Waals surface area contributed by atoms with E-state index in [4.69, 9.17) is 4.98 Å². The van der Waals surface area contributed by atoms with Gasteiger partial charge in [0.15, 0.2) is 20.8 Å². The van der Waals surface area contributed by atoms with Crippen LogP contribution >= 0.6 is 11.8 Å². The number of benzene rings is 3. The molecule has 0 aliphatic carbocycles. The number of fused-ring (bicyclic) bond motifs is 1. The Balaban J connectivity index is 1.47. The highest BCUT2D eigenvalue weighted by Gasteiger charge is 2.16. The first kappa shape index (κ1) is 21.4. The van der Waals surface area contributed by atoms with Crippen molar-refractivity contribution < 1.29 is 8.42 Å². The van der Waals surface area contributed by atoms with Crippen LogP contribution in [0.2, 0.25) is 0 Å². The lowest BCUT2D eigenvalue weighted by Gasteiger charge is -2.10. The summed E-state index contributed by atoms with van der Waals surface area (Å²) in [6.07, 6.45) is 1.18. The molecule has 0 aliphatic rings. The first-order valence-corrected chi connectivity index (χ1v) is 13.0. The van der Waals surface area contributed by atoms with Crippen molar-refractivity contribution in [1.29, 1.82) is 0 Å². The molecule has 0 radical (unpaired) electrons. The highest BCUT2D eigenvalue weighted by molar-refractivity contribution is 7.98. The molecule has 0 atom stereocenters. The summed E-state index contributed by atoms with van der Waals surface area (Å²) in [7, 11) is -3.27. The van der Waals surface area contributed by atoms with Crippen molar-refractivity contribution in [2.24, 2.45) is 0 Å². The molecular formula is C23H20N6O2S2. The lowest BCUT2D eigenvalue weighted by Crippen LogP contribution is -2.04. The summed E-state index contributed by atoms with van der Waals surface area (Å²) in [6.45, 7) is 2.06. The third kappa shape index (κ3) is 4.27. The van der Waals surface area contributed by atoms with Gasteiger partial charge in [-0.15, -0.1) is 5.10 Å². The van der Waals surface area contributed by atoms with Crippen molar-refractivity contribution in [2.75, 3.05) is 6.26 Å². The van der Waals surface area contributed by atoms with Gasteiger partial charge in [0, 0.05) is 11.9 Å². The van der Waals surface area contributed by atoms with E-state index in [1.54, 1.807) is 28.9 Å². The van der Waals surface area contributed by atoms with Crippen molar-refractivity contribution in [2.45, 2.75) is 22.7 Å². The number of thioether (sulfide) groups is 1. The van der Waals surface area contributed by atoms with Gasteiger partial charge >= 0.3 is 0 Å². The number of imidazole rings is 1. The quantitative estimate of drug-likeness (QED) is 0.342. The molecule has 8 nitrogen and oxygen atoms in total. The van der Waals surface area contributed by atoms with E-state index < -0.39 is 9.84 Å². The molecule has 0 bridgehead atoms. The Morgan fingerprint density at radius 2 is 1.61 bits per heavy atom. The maximum Gasteiger partial charge on any atom is 0.175 e. The van der Waals surface area contributed by atoms with E-state index in [1.807, 2.05) is 18.2 Å². The van der Waals surface area contributed by atoms with Gasteiger partial charge in [-0.1, -0.05) is 41.6 Å². The van der Waals surface area contributed by atoms with Gasteiger partial charge < -0.3 is 0 Å². The second-order valence-electron chi connectivity index (χ2n) is 7.62. The van der Waals surface area contributed by atoms with Gasteiger partial charge in [0.05, 0.1) is 27.4 Å². The fourth-order valence-corrected chi connectivity index (χ4v) is 5.07. The molecule has 0 spiro atoms. The third-order valence-corrected chi connectivity index (χ3v) is 7.26. The number of hydrogen-bond acceptors (Lipinski definition) is 7. The molecule has 10 heteroatoms.